The van der Waals surface area contributed by atoms with E-state index in [0.717, 1.165) is 27.7 Å². The van der Waals surface area contributed by atoms with E-state index < -0.39 is 79.4 Å². The van der Waals surface area contributed by atoms with E-state index in [0.29, 0.717) is 0 Å². The Morgan fingerprint density at radius 1 is 0.750 bits per heavy atom. The number of rotatable bonds is 8. The SMILES string of the molecule is CC(=O)OC[C@H]1O[C@H](OCC(=O)OC(C)(C)C)[C@H](OC(C)=O)[C@@H](OC(C)=O)[C@H]1OC(C)=O. The number of carbonyl (C=O) groups is 5. The first-order valence-electron chi connectivity index (χ1n) is 9.83. The van der Waals surface area contributed by atoms with Gasteiger partial charge in [-0.25, -0.2) is 4.79 Å². The molecule has 0 saturated carbocycles. The standard InChI is InChI=1S/C20H30O12/c1-10(21)26-8-14-16(28-11(2)22)17(29-12(3)23)18(30-13(4)24)19(31-14)27-9-15(25)32-20(5,6)7/h14,16-19H,8-9H2,1-7H3/t14-,16+,17+,18-,19+/m1/s1. The summed E-state index contributed by atoms with van der Waals surface area (Å²) in [6.45, 7) is 8.47. The molecule has 1 fully saturated rings. The zero-order chi connectivity index (χ0) is 24.6. The third-order valence-corrected chi connectivity index (χ3v) is 3.73. The molecule has 0 aromatic rings. The van der Waals surface area contributed by atoms with Crippen LogP contribution in [0.2, 0.25) is 0 Å². The summed E-state index contributed by atoms with van der Waals surface area (Å²) < 4.78 is 37.0. The molecule has 1 rings (SSSR count). The molecule has 0 aromatic heterocycles. The van der Waals surface area contributed by atoms with Gasteiger partial charge >= 0.3 is 29.8 Å². The number of carbonyl (C=O) groups excluding carboxylic acids is 5. The summed E-state index contributed by atoms with van der Waals surface area (Å²) in [5.74, 6) is -3.68. The summed E-state index contributed by atoms with van der Waals surface area (Å²) in [5, 5.41) is 0. The normalized spacial score (nSPS) is 25.3. The molecule has 0 unspecified atom stereocenters. The van der Waals surface area contributed by atoms with E-state index in [1.165, 1.54) is 0 Å². The summed E-state index contributed by atoms with van der Waals surface area (Å²) in [6, 6.07) is 0. The Bertz CT molecular complexity index is 710. The second kappa shape index (κ2) is 11.8. The summed E-state index contributed by atoms with van der Waals surface area (Å²) in [5.41, 5.74) is -0.776. The molecule has 1 saturated heterocycles. The molecule has 12 nitrogen and oxygen atoms in total. The van der Waals surface area contributed by atoms with E-state index in [4.69, 9.17) is 33.2 Å². The topological polar surface area (TPSA) is 150 Å². The molecule has 0 N–H and O–H groups in total. The summed E-state index contributed by atoms with van der Waals surface area (Å²) in [7, 11) is 0. The highest BCUT2D eigenvalue weighted by molar-refractivity contribution is 5.71. The van der Waals surface area contributed by atoms with Crippen molar-refractivity contribution in [2.45, 2.75) is 84.8 Å². The van der Waals surface area contributed by atoms with Crippen molar-refractivity contribution in [3.05, 3.63) is 0 Å². The van der Waals surface area contributed by atoms with Crippen LogP contribution in [-0.2, 0) is 57.1 Å². The van der Waals surface area contributed by atoms with Crippen molar-refractivity contribution in [2.75, 3.05) is 13.2 Å². The molecule has 5 atom stereocenters. The highest BCUT2D eigenvalue weighted by Crippen LogP contribution is 2.30. The van der Waals surface area contributed by atoms with Crippen molar-refractivity contribution >= 4 is 29.8 Å². The number of esters is 5. The van der Waals surface area contributed by atoms with Crippen LogP contribution in [0.15, 0.2) is 0 Å². The van der Waals surface area contributed by atoms with Crippen LogP contribution in [0.25, 0.3) is 0 Å². The van der Waals surface area contributed by atoms with E-state index in [9.17, 15) is 24.0 Å². The van der Waals surface area contributed by atoms with E-state index in [1.54, 1.807) is 20.8 Å². The van der Waals surface area contributed by atoms with Gasteiger partial charge in [0.25, 0.3) is 0 Å². The predicted molar refractivity (Wildman–Crippen MR) is 104 cm³/mol. The fourth-order valence-corrected chi connectivity index (χ4v) is 2.84. The molecule has 182 valence electrons. The number of ether oxygens (including phenoxy) is 7. The largest absolute Gasteiger partial charge is 0.463 e. The molecule has 0 aliphatic carbocycles. The third kappa shape index (κ3) is 9.60. The van der Waals surface area contributed by atoms with Crippen LogP contribution >= 0.6 is 0 Å². The summed E-state index contributed by atoms with van der Waals surface area (Å²) >= 11 is 0. The smallest absolute Gasteiger partial charge is 0.332 e. The summed E-state index contributed by atoms with van der Waals surface area (Å²) in [6.07, 6.45) is -6.69. The van der Waals surface area contributed by atoms with Crippen molar-refractivity contribution in [3.63, 3.8) is 0 Å². The van der Waals surface area contributed by atoms with Crippen LogP contribution in [-0.4, -0.2) is 79.4 Å². The second-order valence-corrected chi connectivity index (χ2v) is 7.97. The van der Waals surface area contributed by atoms with Gasteiger partial charge in [0.15, 0.2) is 24.6 Å². The van der Waals surface area contributed by atoms with Gasteiger partial charge in [0, 0.05) is 27.7 Å². The van der Waals surface area contributed by atoms with Gasteiger partial charge in [0.2, 0.25) is 0 Å². The molecule has 0 amide bonds. The van der Waals surface area contributed by atoms with Crippen LogP contribution in [0, 0.1) is 0 Å². The van der Waals surface area contributed by atoms with Gasteiger partial charge in [-0.05, 0) is 20.8 Å². The van der Waals surface area contributed by atoms with Crippen LogP contribution in [0.4, 0.5) is 0 Å². The van der Waals surface area contributed by atoms with Crippen molar-refractivity contribution in [1.82, 2.24) is 0 Å². The highest BCUT2D eigenvalue weighted by atomic mass is 16.7. The minimum atomic E-state index is -1.44. The van der Waals surface area contributed by atoms with Gasteiger partial charge in [0.1, 0.15) is 24.9 Å². The molecule has 1 aliphatic rings. The Kier molecular flexibility index (Phi) is 10.0. The zero-order valence-corrected chi connectivity index (χ0v) is 19.2. The molecule has 1 aliphatic heterocycles. The van der Waals surface area contributed by atoms with Gasteiger partial charge in [-0.2, -0.15) is 0 Å². The maximum Gasteiger partial charge on any atom is 0.332 e. The number of hydrogen-bond acceptors (Lipinski definition) is 12. The van der Waals surface area contributed by atoms with E-state index in [1.807, 2.05) is 0 Å². The monoisotopic (exact) mass is 462 g/mol. The van der Waals surface area contributed by atoms with Crippen molar-refractivity contribution in [1.29, 1.82) is 0 Å². The molecule has 0 radical (unpaired) electrons. The lowest BCUT2D eigenvalue weighted by molar-refractivity contribution is -0.307. The second-order valence-electron chi connectivity index (χ2n) is 7.97. The first kappa shape index (κ1) is 27.3. The Labute approximate surface area is 185 Å². The Hall–Kier alpha value is -2.73. The third-order valence-electron chi connectivity index (χ3n) is 3.73. The molecule has 0 spiro atoms. The van der Waals surface area contributed by atoms with Crippen LogP contribution in [0.3, 0.4) is 0 Å². The van der Waals surface area contributed by atoms with Crippen molar-refractivity contribution in [2.24, 2.45) is 0 Å². The maximum absolute atomic E-state index is 12.1. The van der Waals surface area contributed by atoms with Gasteiger partial charge in [-0.1, -0.05) is 0 Å². The highest BCUT2D eigenvalue weighted by Gasteiger charge is 2.53. The van der Waals surface area contributed by atoms with Crippen molar-refractivity contribution < 1.29 is 57.1 Å². The average molecular weight is 462 g/mol. The van der Waals surface area contributed by atoms with Gasteiger partial charge < -0.3 is 33.2 Å². The molecule has 0 aromatic carbocycles. The van der Waals surface area contributed by atoms with Gasteiger partial charge in [-0.3, -0.25) is 19.2 Å². The zero-order valence-electron chi connectivity index (χ0n) is 19.2. The van der Waals surface area contributed by atoms with E-state index in [2.05, 4.69) is 0 Å². The molecule has 0 bridgehead atoms. The molecular formula is C20H30O12. The lowest BCUT2D eigenvalue weighted by Gasteiger charge is -2.43. The van der Waals surface area contributed by atoms with Crippen LogP contribution in [0.1, 0.15) is 48.5 Å². The minimum absolute atomic E-state index is 0.399. The Balaban J connectivity index is 3.23. The van der Waals surface area contributed by atoms with Crippen LogP contribution < -0.4 is 0 Å². The fraction of sp³-hybridized carbons (Fsp3) is 0.750. The Morgan fingerprint density at radius 3 is 1.72 bits per heavy atom. The molecular weight excluding hydrogens is 432 g/mol. The van der Waals surface area contributed by atoms with Crippen molar-refractivity contribution in [3.8, 4) is 0 Å². The number of hydrogen-bond donors (Lipinski definition) is 0. The fourth-order valence-electron chi connectivity index (χ4n) is 2.84. The van der Waals surface area contributed by atoms with Gasteiger partial charge in [-0.15, -0.1) is 0 Å². The lowest BCUT2D eigenvalue weighted by Crippen LogP contribution is -2.63. The van der Waals surface area contributed by atoms with E-state index in [-0.39, 0.29) is 0 Å². The Morgan fingerprint density at radius 2 is 1.25 bits per heavy atom. The van der Waals surface area contributed by atoms with Crippen LogP contribution in [0.5, 0.6) is 0 Å². The molecule has 1 heterocycles. The quantitative estimate of drug-likeness (QED) is 0.363. The molecule has 12 heteroatoms. The van der Waals surface area contributed by atoms with E-state index >= 15 is 0 Å². The lowest BCUT2D eigenvalue weighted by atomic mass is 9.98. The summed E-state index contributed by atoms with van der Waals surface area (Å²) in [4.78, 5) is 58.4. The minimum Gasteiger partial charge on any atom is -0.463 e. The maximum atomic E-state index is 12.1. The van der Waals surface area contributed by atoms with Gasteiger partial charge in [0.05, 0.1) is 0 Å². The molecule has 32 heavy (non-hydrogen) atoms. The average Bonchev–Trinajstić information content (AvgIpc) is 2.59. The first-order valence-corrected chi connectivity index (χ1v) is 9.83. The predicted octanol–water partition coefficient (Wildman–Crippen LogP) is 0.428. The first-order chi connectivity index (χ1) is 14.7.